The topological polar surface area (TPSA) is 45.7 Å². The minimum absolute atomic E-state index is 0.0913. The summed E-state index contributed by atoms with van der Waals surface area (Å²) in [4.78, 5) is 5.02. The van der Waals surface area contributed by atoms with Crippen LogP contribution in [0.15, 0.2) is 29.3 Å². The molecular weight excluding hydrogens is 342 g/mol. The molecule has 1 atom stereocenters. The van der Waals surface area contributed by atoms with E-state index in [1.165, 1.54) is 29.7 Å². The number of aryl methyl sites for hydroxylation is 1. The van der Waals surface area contributed by atoms with Crippen LogP contribution in [0.25, 0.3) is 0 Å². The Labute approximate surface area is 162 Å². The lowest BCUT2D eigenvalue weighted by Gasteiger charge is -2.37. The summed E-state index contributed by atoms with van der Waals surface area (Å²) in [5.74, 6) is 2.26. The molecule has 2 aliphatic heterocycles. The van der Waals surface area contributed by atoms with Crippen molar-refractivity contribution in [3.05, 3.63) is 35.4 Å². The third-order valence-electron chi connectivity index (χ3n) is 5.57. The zero-order valence-corrected chi connectivity index (χ0v) is 17.0. The summed E-state index contributed by atoms with van der Waals surface area (Å²) in [6, 6.07) is 8.78. The highest BCUT2D eigenvalue weighted by Gasteiger charge is 2.35. The summed E-state index contributed by atoms with van der Waals surface area (Å²) in [5.41, 5.74) is 2.90. The van der Waals surface area contributed by atoms with E-state index >= 15 is 0 Å². The molecule has 0 spiro atoms. The van der Waals surface area contributed by atoms with Gasteiger partial charge in [0, 0.05) is 37.0 Å². The van der Waals surface area contributed by atoms with Crippen LogP contribution in [0, 0.1) is 6.92 Å². The van der Waals surface area contributed by atoms with Crippen LogP contribution in [0.3, 0.4) is 0 Å². The number of nitrogens with zero attached hydrogens (tertiary/aromatic N) is 1. The number of thioether (sulfide) groups is 1. The Hall–Kier alpha value is -1.20. The lowest BCUT2D eigenvalue weighted by molar-refractivity contribution is 0.0529. The lowest BCUT2D eigenvalue weighted by atomic mass is 9.72. The fourth-order valence-electron chi connectivity index (χ4n) is 4.03. The normalized spacial score (nSPS) is 23.0. The van der Waals surface area contributed by atoms with Gasteiger partial charge in [0.05, 0.1) is 6.54 Å². The van der Waals surface area contributed by atoms with E-state index in [1.807, 2.05) is 0 Å². The van der Waals surface area contributed by atoms with E-state index in [9.17, 15) is 0 Å². The fraction of sp³-hybridized carbons (Fsp3) is 0.667. The van der Waals surface area contributed by atoms with Crippen molar-refractivity contribution in [2.24, 2.45) is 4.99 Å². The maximum atomic E-state index is 5.67. The van der Waals surface area contributed by atoms with Crippen LogP contribution < -0.4 is 10.6 Å². The van der Waals surface area contributed by atoms with Gasteiger partial charge in [-0.2, -0.15) is 11.8 Å². The SMILES string of the molecule is CCNC(=NCC1(c2ccccc2C)CCOCC1)NCC1CCCS1. The second-order valence-electron chi connectivity index (χ2n) is 7.42. The molecule has 26 heavy (non-hydrogen) atoms. The number of benzene rings is 1. The van der Waals surface area contributed by atoms with E-state index in [4.69, 9.17) is 9.73 Å². The largest absolute Gasteiger partial charge is 0.381 e. The second kappa shape index (κ2) is 9.65. The fourth-order valence-corrected chi connectivity index (χ4v) is 5.23. The van der Waals surface area contributed by atoms with Crippen molar-refractivity contribution < 1.29 is 4.74 Å². The highest BCUT2D eigenvalue weighted by Crippen LogP contribution is 2.37. The quantitative estimate of drug-likeness (QED) is 0.590. The summed E-state index contributed by atoms with van der Waals surface area (Å²) in [7, 11) is 0. The molecule has 0 radical (unpaired) electrons. The molecule has 4 nitrogen and oxygen atoms in total. The van der Waals surface area contributed by atoms with Crippen LogP contribution in [-0.2, 0) is 10.2 Å². The van der Waals surface area contributed by atoms with E-state index in [2.05, 4.69) is 60.5 Å². The number of nitrogens with one attached hydrogen (secondary N) is 2. The van der Waals surface area contributed by atoms with Crippen molar-refractivity contribution in [1.29, 1.82) is 0 Å². The van der Waals surface area contributed by atoms with Gasteiger partial charge in [0.2, 0.25) is 0 Å². The van der Waals surface area contributed by atoms with Gasteiger partial charge in [0.15, 0.2) is 5.96 Å². The Morgan fingerprint density at radius 3 is 2.77 bits per heavy atom. The van der Waals surface area contributed by atoms with Crippen molar-refractivity contribution in [3.8, 4) is 0 Å². The van der Waals surface area contributed by atoms with Crippen LogP contribution in [-0.4, -0.2) is 49.8 Å². The number of aliphatic imine (C=N–C) groups is 1. The number of rotatable bonds is 6. The van der Waals surface area contributed by atoms with Crippen molar-refractivity contribution in [1.82, 2.24) is 10.6 Å². The first kappa shape index (κ1) is 19.6. The van der Waals surface area contributed by atoms with E-state index in [-0.39, 0.29) is 5.41 Å². The smallest absolute Gasteiger partial charge is 0.191 e. The molecule has 2 aliphatic rings. The predicted molar refractivity (Wildman–Crippen MR) is 112 cm³/mol. The van der Waals surface area contributed by atoms with Gasteiger partial charge in [-0.15, -0.1) is 0 Å². The van der Waals surface area contributed by atoms with E-state index in [0.29, 0.717) is 0 Å². The van der Waals surface area contributed by atoms with Gasteiger partial charge in [-0.25, -0.2) is 0 Å². The molecule has 0 saturated carbocycles. The van der Waals surface area contributed by atoms with Gasteiger partial charge < -0.3 is 15.4 Å². The molecular formula is C21H33N3OS. The molecule has 2 fully saturated rings. The van der Waals surface area contributed by atoms with Crippen molar-refractivity contribution in [3.63, 3.8) is 0 Å². The third-order valence-corrected chi connectivity index (χ3v) is 6.97. The van der Waals surface area contributed by atoms with Gasteiger partial charge in [-0.3, -0.25) is 4.99 Å². The van der Waals surface area contributed by atoms with Crippen LogP contribution in [0.5, 0.6) is 0 Å². The van der Waals surface area contributed by atoms with Crippen molar-refractivity contribution >= 4 is 17.7 Å². The van der Waals surface area contributed by atoms with Crippen LogP contribution in [0.2, 0.25) is 0 Å². The molecule has 144 valence electrons. The molecule has 0 aromatic heterocycles. The van der Waals surface area contributed by atoms with Gasteiger partial charge in [-0.1, -0.05) is 24.3 Å². The minimum atomic E-state index is 0.0913. The summed E-state index contributed by atoms with van der Waals surface area (Å²) in [6.45, 7) is 8.72. The first-order valence-electron chi connectivity index (χ1n) is 10.0. The lowest BCUT2D eigenvalue weighted by Crippen LogP contribution is -2.43. The maximum Gasteiger partial charge on any atom is 0.191 e. The summed E-state index contributed by atoms with van der Waals surface area (Å²) in [5, 5.41) is 7.73. The Balaban J connectivity index is 1.73. The predicted octanol–water partition coefficient (Wildman–Crippen LogP) is 3.49. The number of hydrogen-bond donors (Lipinski definition) is 2. The summed E-state index contributed by atoms with van der Waals surface area (Å²) >= 11 is 2.08. The molecule has 5 heteroatoms. The average Bonchev–Trinajstić information content (AvgIpc) is 3.19. The van der Waals surface area contributed by atoms with E-state index in [0.717, 1.165) is 56.9 Å². The van der Waals surface area contributed by atoms with E-state index < -0.39 is 0 Å². The first-order valence-corrected chi connectivity index (χ1v) is 11.1. The van der Waals surface area contributed by atoms with Gasteiger partial charge in [0.25, 0.3) is 0 Å². The molecule has 0 bridgehead atoms. The third kappa shape index (κ3) is 4.95. The second-order valence-corrected chi connectivity index (χ2v) is 8.83. The number of ether oxygens (including phenoxy) is 1. The van der Waals surface area contributed by atoms with E-state index in [1.54, 1.807) is 0 Å². The molecule has 2 heterocycles. The minimum Gasteiger partial charge on any atom is -0.381 e. The number of hydrogen-bond acceptors (Lipinski definition) is 3. The first-order chi connectivity index (χ1) is 12.7. The van der Waals surface area contributed by atoms with Crippen LogP contribution in [0.4, 0.5) is 0 Å². The Morgan fingerprint density at radius 2 is 2.08 bits per heavy atom. The highest BCUT2D eigenvalue weighted by molar-refractivity contribution is 8.00. The molecule has 2 saturated heterocycles. The molecule has 2 N–H and O–H groups in total. The molecule has 1 aromatic rings. The van der Waals surface area contributed by atoms with Crippen molar-refractivity contribution in [2.75, 3.05) is 38.6 Å². The average molecular weight is 376 g/mol. The van der Waals surface area contributed by atoms with Crippen LogP contribution in [0.1, 0.15) is 43.7 Å². The number of guanidine groups is 1. The van der Waals surface area contributed by atoms with Crippen molar-refractivity contribution in [2.45, 2.75) is 50.2 Å². The van der Waals surface area contributed by atoms with Gasteiger partial charge in [-0.05, 0) is 56.4 Å². The Bertz CT molecular complexity index is 593. The Morgan fingerprint density at radius 1 is 1.27 bits per heavy atom. The molecule has 1 unspecified atom stereocenters. The zero-order valence-electron chi connectivity index (χ0n) is 16.2. The Kier molecular flexibility index (Phi) is 7.26. The summed E-state index contributed by atoms with van der Waals surface area (Å²) in [6.07, 6.45) is 4.75. The van der Waals surface area contributed by atoms with Gasteiger partial charge in [0.1, 0.15) is 0 Å². The zero-order chi connectivity index (χ0) is 18.2. The van der Waals surface area contributed by atoms with Gasteiger partial charge >= 0.3 is 0 Å². The maximum absolute atomic E-state index is 5.67. The molecule has 3 rings (SSSR count). The monoisotopic (exact) mass is 375 g/mol. The summed E-state index contributed by atoms with van der Waals surface area (Å²) < 4.78 is 5.67. The molecule has 0 aliphatic carbocycles. The standard InChI is InChI=1S/C21H33N3OS/c1-3-22-20(23-15-18-8-6-14-26-18)24-16-21(10-12-25-13-11-21)19-9-5-4-7-17(19)2/h4-5,7,9,18H,3,6,8,10-16H2,1-2H3,(H2,22,23,24). The molecule has 1 aromatic carbocycles. The van der Waals surface area contributed by atoms with Crippen LogP contribution >= 0.6 is 11.8 Å². The molecule has 0 amide bonds. The highest BCUT2D eigenvalue weighted by atomic mass is 32.2.